The van der Waals surface area contributed by atoms with E-state index in [4.69, 9.17) is 9.05 Å². The van der Waals surface area contributed by atoms with Gasteiger partial charge in [-0.05, 0) is 26.7 Å². The number of carbonyl (C=O) groups is 1. The van der Waals surface area contributed by atoms with E-state index < -0.39 is 7.75 Å². The van der Waals surface area contributed by atoms with E-state index >= 15 is 0 Å². The van der Waals surface area contributed by atoms with Gasteiger partial charge >= 0.3 is 7.75 Å². The van der Waals surface area contributed by atoms with Crippen molar-refractivity contribution in [3.63, 3.8) is 0 Å². The lowest BCUT2D eigenvalue weighted by Gasteiger charge is -2.30. The normalized spacial score (nSPS) is 19.5. The second-order valence-corrected chi connectivity index (χ2v) is 7.22. The van der Waals surface area contributed by atoms with Crippen LogP contribution in [-0.2, 0) is 13.6 Å². The molecule has 1 aromatic carbocycles. The van der Waals surface area contributed by atoms with Crippen LogP contribution in [0.1, 0.15) is 43.5 Å². The molecule has 1 aromatic rings. The summed E-state index contributed by atoms with van der Waals surface area (Å²) in [6.45, 7) is 4.89. The van der Waals surface area contributed by atoms with E-state index in [0.29, 0.717) is 31.7 Å². The van der Waals surface area contributed by atoms with E-state index in [2.05, 4.69) is 0 Å². The van der Waals surface area contributed by atoms with Gasteiger partial charge in [-0.15, -0.1) is 0 Å². The molecule has 0 bridgehead atoms. The molecule has 0 spiro atoms. The third-order valence-electron chi connectivity index (χ3n) is 3.76. The fourth-order valence-corrected chi connectivity index (χ4v) is 4.83. The molecule has 0 radical (unpaired) electrons. The number of Topliss-reactive ketones (excluding diaryl/α,β-unsaturated/α-hetero) is 1. The Labute approximate surface area is 132 Å². The van der Waals surface area contributed by atoms with Crippen LogP contribution in [0.2, 0.25) is 0 Å². The number of carbonyl (C=O) groups excluding carboxylic acids is 1. The van der Waals surface area contributed by atoms with Gasteiger partial charge < -0.3 is 0 Å². The summed E-state index contributed by atoms with van der Waals surface area (Å²) in [6, 6.07) is 9.13. The molecule has 0 saturated carbocycles. The average molecular weight is 325 g/mol. The number of ketones is 1. The highest BCUT2D eigenvalue weighted by Gasteiger charge is 2.41. The van der Waals surface area contributed by atoms with Crippen molar-refractivity contribution in [1.29, 1.82) is 0 Å². The average Bonchev–Trinajstić information content (AvgIpc) is 2.97. The highest BCUT2D eigenvalue weighted by molar-refractivity contribution is 7.51. The minimum Gasteiger partial charge on any atom is -0.297 e. The molecule has 1 aliphatic rings. The summed E-state index contributed by atoms with van der Waals surface area (Å²) in [7, 11) is -3.29. The van der Waals surface area contributed by atoms with E-state index in [1.165, 1.54) is 0 Å². The molecule has 22 heavy (non-hydrogen) atoms. The topological polar surface area (TPSA) is 55.8 Å². The lowest BCUT2D eigenvalue weighted by Crippen LogP contribution is -2.30. The van der Waals surface area contributed by atoms with Crippen molar-refractivity contribution in [2.75, 3.05) is 19.8 Å². The molecule has 0 aromatic heterocycles. The van der Waals surface area contributed by atoms with Gasteiger partial charge in [0.2, 0.25) is 0 Å². The number of hydrogen-bond acceptors (Lipinski definition) is 4. The smallest absolute Gasteiger partial charge is 0.297 e. The van der Waals surface area contributed by atoms with E-state index in [0.717, 1.165) is 12.8 Å². The van der Waals surface area contributed by atoms with Gasteiger partial charge in [0.25, 0.3) is 0 Å². The van der Waals surface area contributed by atoms with Crippen LogP contribution < -0.4 is 0 Å². The van der Waals surface area contributed by atoms with Gasteiger partial charge in [-0.2, -0.15) is 0 Å². The number of benzene rings is 1. The Balaban J connectivity index is 2.10. The first-order valence-electron chi connectivity index (χ1n) is 7.85. The second kappa shape index (κ2) is 8.02. The van der Waals surface area contributed by atoms with Crippen molar-refractivity contribution in [2.24, 2.45) is 0 Å². The molecular weight excluding hydrogens is 301 g/mol. The van der Waals surface area contributed by atoms with E-state index in [9.17, 15) is 9.36 Å². The third-order valence-corrected chi connectivity index (χ3v) is 6.09. The van der Waals surface area contributed by atoms with Crippen LogP contribution in [0.5, 0.6) is 0 Å². The molecule has 6 heteroatoms. The van der Waals surface area contributed by atoms with E-state index in [1.54, 1.807) is 18.5 Å². The molecule has 0 aliphatic carbocycles. The molecule has 1 heterocycles. The Bertz CT molecular complexity index is 524. The summed E-state index contributed by atoms with van der Waals surface area (Å²) in [4.78, 5) is 12.4. The molecule has 1 atom stereocenters. The summed E-state index contributed by atoms with van der Waals surface area (Å²) in [5.74, 6) is 0.0667. The molecule has 2 rings (SSSR count). The summed E-state index contributed by atoms with van der Waals surface area (Å²) >= 11 is 0. The molecule has 1 fully saturated rings. The largest absolute Gasteiger partial charge is 0.408 e. The zero-order valence-corrected chi connectivity index (χ0v) is 14.1. The molecule has 0 N–H and O–H groups in total. The van der Waals surface area contributed by atoms with Crippen LogP contribution in [0.25, 0.3) is 0 Å². The zero-order valence-electron chi connectivity index (χ0n) is 13.2. The fraction of sp³-hybridized carbons (Fsp3) is 0.562. The first-order valence-corrected chi connectivity index (χ1v) is 9.34. The van der Waals surface area contributed by atoms with Gasteiger partial charge in [0.1, 0.15) is 0 Å². The van der Waals surface area contributed by atoms with Crippen molar-refractivity contribution in [2.45, 2.75) is 39.2 Å². The Morgan fingerprint density at radius 2 is 1.86 bits per heavy atom. The highest BCUT2D eigenvalue weighted by Crippen LogP contribution is 2.55. The minimum atomic E-state index is -3.29. The molecule has 0 amide bonds. The zero-order chi connectivity index (χ0) is 16.0. The van der Waals surface area contributed by atoms with Crippen LogP contribution in [0.4, 0.5) is 0 Å². The number of hydrogen-bond donors (Lipinski definition) is 0. The van der Waals surface area contributed by atoms with Gasteiger partial charge in [-0.1, -0.05) is 30.3 Å². The van der Waals surface area contributed by atoms with Gasteiger partial charge in [-0.25, -0.2) is 9.24 Å². The molecular formula is C16H24NO4P. The quantitative estimate of drug-likeness (QED) is 0.536. The van der Waals surface area contributed by atoms with Crippen molar-refractivity contribution in [3.05, 3.63) is 35.9 Å². The van der Waals surface area contributed by atoms with Crippen molar-refractivity contribution < 1.29 is 18.4 Å². The van der Waals surface area contributed by atoms with E-state index in [1.807, 2.05) is 30.3 Å². The minimum absolute atomic E-state index is 0.0667. The Morgan fingerprint density at radius 1 is 1.23 bits per heavy atom. The monoisotopic (exact) mass is 325 g/mol. The first kappa shape index (κ1) is 17.4. The maximum atomic E-state index is 12.9. The molecule has 1 saturated heterocycles. The predicted molar refractivity (Wildman–Crippen MR) is 86.0 cm³/mol. The van der Waals surface area contributed by atoms with E-state index in [-0.39, 0.29) is 11.8 Å². The van der Waals surface area contributed by atoms with Gasteiger partial charge in [0, 0.05) is 24.6 Å². The lowest BCUT2D eigenvalue weighted by molar-refractivity contribution is 0.0948. The molecule has 122 valence electrons. The Kier molecular flexibility index (Phi) is 6.33. The predicted octanol–water partition coefficient (Wildman–Crippen LogP) is 3.90. The maximum Gasteiger partial charge on any atom is 0.408 e. The molecule has 5 nitrogen and oxygen atoms in total. The summed E-state index contributed by atoms with van der Waals surface area (Å²) in [5, 5.41) is 0. The maximum absolute atomic E-state index is 12.9. The van der Waals surface area contributed by atoms with Gasteiger partial charge in [0.15, 0.2) is 5.78 Å². The Morgan fingerprint density at radius 3 is 2.45 bits per heavy atom. The standard InChI is InChI=1S/C16H24NO4P/c1-3-20-22(19,21-4-2)17-12-8-11-15(17)13-16(18)14-9-6-5-7-10-14/h5-7,9-10,15H,3-4,8,11-13H2,1-2H3. The van der Waals surface area contributed by atoms with Crippen molar-refractivity contribution in [1.82, 2.24) is 4.67 Å². The number of rotatable bonds is 8. The SMILES string of the molecule is CCOP(=O)(OCC)N1CCCC1CC(=O)c1ccccc1. The highest BCUT2D eigenvalue weighted by atomic mass is 31.2. The molecule has 1 aliphatic heterocycles. The van der Waals surface area contributed by atoms with Crippen LogP contribution in [0.3, 0.4) is 0 Å². The van der Waals surface area contributed by atoms with Gasteiger partial charge in [-0.3, -0.25) is 13.8 Å². The van der Waals surface area contributed by atoms with Crippen molar-refractivity contribution >= 4 is 13.5 Å². The first-order chi connectivity index (χ1) is 10.6. The Hall–Kier alpha value is -1.00. The second-order valence-electron chi connectivity index (χ2n) is 5.26. The van der Waals surface area contributed by atoms with Crippen LogP contribution >= 0.6 is 7.75 Å². The van der Waals surface area contributed by atoms with Crippen molar-refractivity contribution in [3.8, 4) is 0 Å². The molecule has 1 unspecified atom stereocenters. The third kappa shape index (κ3) is 4.05. The summed E-state index contributed by atoms with van der Waals surface area (Å²) < 4.78 is 25.5. The van der Waals surface area contributed by atoms with Crippen LogP contribution in [0, 0.1) is 0 Å². The van der Waals surface area contributed by atoms with Crippen LogP contribution in [-0.4, -0.2) is 36.3 Å². The fourth-order valence-electron chi connectivity index (χ4n) is 2.82. The lowest BCUT2D eigenvalue weighted by atomic mass is 10.0. The van der Waals surface area contributed by atoms with Gasteiger partial charge in [0.05, 0.1) is 13.2 Å². The summed E-state index contributed by atoms with van der Waals surface area (Å²) in [5.41, 5.74) is 0.692. The number of nitrogens with zero attached hydrogens (tertiary/aromatic N) is 1. The van der Waals surface area contributed by atoms with Crippen LogP contribution in [0.15, 0.2) is 30.3 Å². The summed E-state index contributed by atoms with van der Waals surface area (Å²) in [6.07, 6.45) is 2.08.